The molecule has 4 aromatic rings. The van der Waals surface area contributed by atoms with E-state index in [1.165, 1.54) is 6.92 Å². The quantitative estimate of drug-likeness (QED) is 0.308. The van der Waals surface area contributed by atoms with E-state index < -0.39 is 6.10 Å². The molecule has 1 aromatic heterocycles. The summed E-state index contributed by atoms with van der Waals surface area (Å²) >= 11 is 0. The number of carbonyl (C=O) groups is 1. The number of nitriles is 1. The van der Waals surface area contributed by atoms with E-state index in [0.717, 1.165) is 33.5 Å². The van der Waals surface area contributed by atoms with E-state index in [1.807, 2.05) is 61.0 Å². The number of benzene rings is 3. The molecule has 3 aromatic carbocycles. The van der Waals surface area contributed by atoms with Crippen molar-refractivity contribution in [1.29, 1.82) is 5.26 Å². The topological polar surface area (TPSA) is 77.1 Å². The Morgan fingerprint density at radius 2 is 1.91 bits per heavy atom. The van der Waals surface area contributed by atoms with E-state index >= 15 is 0 Å². The van der Waals surface area contributed by atoms with E-state index in [2.05, 4.69) is 11.1 Å². The van der Waals surface area contributed by atoms with Gasteiger partial charge in [-0.05, 0) is 60.9 Å². The fourth-order valence-electron chi connectivity index (χ4n) is 4.18. The second-order valence-corrected chi connectivity index (χ2v) is 8.44. The van der Waals surface area contributed by atoms with Gasteiger partial charge in [-0.2, -0.15) is 5.26 Å². The molecule has 0 amide bonds. The summed E-state index contributed by atoms with van der Waals surface area (Å²) in [5.41, 5.74) is 6.69. The number of imidazole rings is 1. The first-order valence-corrected chi connectivity index (χ1v) is 11.3. The summed E-state index contributed by atoms with van der Waals surface area (Å²) in [6.07, 6.45) is 3.05. The number of hydrogen-bond acceptors (Lipinski definition) is 5. The molecule has 0 N–H and O–H groups in total. The molecule has 0 spiro atoms. The Labute approximate surface area is 205 Å². The van der Waals surface area contributed by atoms with Crippen LogP contribution in [0.15, 0.2) is 73.2 Å². The molecule has 0 saturated carbocycles. The van der Waals surface area contributed by atoms with Gasteiger partial charge in [0.25, 0.3) is 0 Å². The lowest BCUT2D eigenvalue weighted by Crippen LogP contribution is -2.11. The molecule has 0 bridgehead atoms. The molecule has 0 aliphatic carbocycles. The lowest BCUT2D eigenvalue weighted by molar-refractivity contribution is 0.0609. The number of nitrogens with zero attached hydrogens (tertiary/aromatic N) is 3. The Morgan fingerprint density at radius 1 is 1.11 bits per heavy atom. The van der Waals surface area contributed by atoms with Crippen molar-refractivity contribution in [1.82, 2.24) is 9.55 Å². The maximum atomic E-state index is 11.9. The molecule has 6 nitrogen and oxygen atoms in total. The summed E-state index contributed by atoms with van der Waals surface area (Å²) < 4.78 is 13.9. The Balaban J connectivity index is 1.77. The first-order valence-electron chi connectivity index (χ1n) is 11.3. The number of methoxy groups -OCH3 is 1. The molecular weight excluding hydrogens is 438 g/mol. The molecule has 0 saturated heterocycles. The minimum atomic E-state index is -0.455. The Morgan fingerprint density at radius 3 is 2.57 bits per heavy atom. The molecule has 1 heterocycles. The van der Waals surface area contributed by atoms with Gasteiger partial charge in [0, 0.05) is 23.7 Å². The molecule has 0 radical (unpaired) electrons. The molecule has 0 fully saturated rings. The van der Waals surface area contributed by atoms with Crippen LogP contribution in [0.2, 0.25) is 0 Å². The molecule has 1 atom stereocenters. The number of carbonyl (C=O) groups excluding carboxylic acids is 1. The fourth-order valence-corrected chi connectivity index (χ4v) is 4.18. The summed E-state index contributed by atoms with van der Waals surface area (Å²) in [5, 5.41) is 9.77. The van der Waals surface area contributed by atoms with Gasteiger partial charge >= 0.3 is 0 Å². The minimum absolute atomic E-state index is 0.0212. The van der Waals surface area contributed by atoms with E-state index in [-0.39, 0.29) is 12.4 Å². The van der Waals surface area contributed by atoms with Gasteiger partial charge in [0.2, 0.25) is 0 Å². The van der Waals surface area contributed by atoms with Crippen LogP contribution in [0.4, 0.5) is 0 Å². The van der Waals surface area contributed by atoms with Gasteiger partial charge in [0.15, 0.2) is 5.78 Å². The number of Topliss-reactive ketones (excluding diaryl/α,β-unsaturated/α-hetero) is 1. The Bertz CT molecular complexity index is 1410. The smallest absolute Gasteiger partial charge is 0.159 e. The lowest BCUT2D eigenvalue weighted by Gasteiger charge is -2.21. The molecule has 6 heteroatoms. The van der Waals surface area contributed by atoms with Crippen molar-refractivity contribution in [2.45, 2.75) is 26.6 Å². The van der Waals surface area contributed by atoms with Crippen LogP contribution in [0.25, 0.3) is 11.1 Å². The largest absolute Gasteiger partial charge is 0.496 e. The first-order chi connectivity index (χ1) is 16.9. The summed E-state index contributed by atoms with van der Waals surface area (Å²) in [6.45, 7) is 3.79. The summed E-state index contributed by atoms with van der Waals surface area (Å²) in [7, 11) is 3.52. The monoisotopic (exact) mass is 465 g/mol. The Hall–Kier alpha value is -4.21. The van der Waals surface area contributed by atoms with Crippen LogP contribution in [0.1, 0.15) is 51.3 Å². The van der Waals surface area contributed by atoms with Crippen molar-refractivity contribution in [3.63, 3.8) is 0 Å². The van der Waals surface area contributed by atoms with Crippen molar-refractivity contribution in [2.24, 2.45) is 7.05 Å². The average Bonchev–Trinajstić information content (AvgIpc) is 3.29. The highest BCUT2D eigenvalue weighted by atomic mass is 16.5. The zero-order valence-electron chi connectivity index (χ0n) is 20.3. The van der Waals surface area contributed by atoms with Crippen molar-refractivity contribution >= 4 is 5.78 Å². The predicted molar refractivity (Wildman–Crippen MR) is 134 cm³/mol. The van der Waals surface area contributed by atoms with Crippen LogP contribution in [-0.2, 0) is 18.4 Å². The fraction of sp³-hybridized carbons (Fsp3) is 0.207. The number of aromatic nitrogens is 2. The van der Waals surface area contributed by atoms with Gasteiger partial charge < -0.3 is 14.0 Å². The SMILES string of the molecule is COc1ccc(C(C)=O)cc1COC(c1ccc(C#N)c(-c2ccccc2C)c1)c1cncn1C. The van der Waals surface area contributed by atoms with Crippen molar-refractivity contribution < 1.29 is 14.3 Å². The molecule has 4 rings (SSSR count). The second-order valence-electron chi connectivity index (χ2n) is 8.44. The zero-order valence-corrected chi connectivity index (χ0v) is 20.3. The van der Waals surface area contributed by atoms with Crippen LogP contribution >= 0.6 is 0 Å². The van der Waals surface area contributed by atoms with Gasteiger partial charge in [-0.25, -0.2) is 4.98 Å². The Kier molecular flexibility index (Phi) is 7.09. The average molecular weight is 466 g/mol. The van der Waals surface area contributed by atoms with Crippen LogP contribution in [0, 0.1) is 18.3 Å². The van der Waals surface area contributed by atoms with E-state index in [9.17, 15) is 10.1 Å². The number of hydrogen-bond donors (Lipinski definition) is 0. The maximum Gasteiger partial charge on any atom is 0.159 e. The minimum Gasteiger partial charge on any atom is -0.496 e. The zero-order chi connectivity index (χ0) is 24.9. The first kappa shape index (κ1) is 23.9. The van der Waals surface area contributed by atoms with Gasteiger partial charge in [-0.3, -0.25) is 4.79 Å². The van der Waals surface area contributed by atoms with Gasteiger partial charge in [-0.1, -0.05) is 30.3 Å². The molecule has 0 aliphatic rings. The maximum absolute atomic E-state index is 11.9. The van der Waals surface area contributed by atoms with Crippen molar-refractivity contribution in [3.05, 3.63) is 107 Å². The highest BCUT2D eigenvalue weighted by Crippen LogP contribution is 2.34. The normalized spacial score (nSPS) is 11.6. The summed E-state index contributed by atoms with van der Waals surface area (Å²) in [5.74, 6) is 0.631. The molecule has 35 heavy (non-hydrogen) atoms. The van der Waals surface area contributed by atoms with Crippen LogP contribution in [0.3, 0.4) is 0 Å². The van der Waals surface area contributed by atoms with Crippen LogP contribution in [0.5, 0.6) is 5.75 Å². The number of rotatable bonds is 8. The molecule has 176 valence electrons. The molecule has 0 aliphatic heterocycles. The van der Waals surface area contributed by atoms with Gasteiger partial charge in [0.05, 0.1) is 43.6 Å². The third kappa shape index (κ3) is 5.01. The highest BCUT2D eigenvalue weighted by molar-refractivity contribution is 5.94. The predicted octanol–water partition coefficient (Wildman–Crippen LogP) is 5.78. The third-order valence-electron chi connectivity index (χ3n) is 6.12. The van der Waals surface area contributed by atoms with E-state index in [1.54, 1.807) is 37.8 Å². The van der Waals surface area contributed by atoms with E-state index in [4.69, 9.17) is 9.47 Å². The highest BCUT2D eigenvalue weighted by Gasteiger charge is 2.21. The van der Waals surface area contributed by atoms with Gasteiger partial charge in [-0.15, -0.1) is 0 Å². The number of aryl methyl sites for hydroxylation is 2. The lowest BCUT2D eigenvalue weighted by atomic mass is 9.93. The van der Waals surface area contributed by atoms with Crippen molar-refractivity contribution in [2.75, 3.05) is 7.11 Å². The standard InChI is InChI=1S/C29H27N3O3/c1-19-7-5-6-8-25(19)26-14-22(9-10-23(26)15-30)29(27-16-31-18-32(27)3)35-17-24-13-21(20(2)33)11-12-28(24)34-4/h5-14,16,18,29H,17H2,1-4H3. The third-order valence-corrected chi connectivity index (χ3v) is 6.12. The van der Waals surface area contributed by atoms with Crippen LogP contribution in [-0.4, -0.2) is 22.4 Å². The number of ether oxygens (including phenoxy) is 2. The van der Waals surface area contributed by atoms with Crippen molar-refractivity contribution in [3.8, 4) is 22.9 Å². The molecular formula is C29H27N3O3. The summed E-state index contributed by atoms with van der Waals surface area (Å²) in [6, 6.07) is 21.4. The number of ketones is 1. The second kappa shape index (κ2) is 10.4. The van der Waals surface area contributed by atoms with Crippen LogP contribution < -0.4 is 4.74 Å². The molecule has 1 unspecified atom stereocenters. The van der Waals surface area contributed by atoms with Gasteiger partial charge in [0.1, 0.15) is 11.9 Å². The van der Waals surface area contributed by atoms with E-state index in [0.29, 0.717) is 16.9 Å². The summed E-state index contributed by atoms with van der Waals surface area (Å²) in [4.78, 5) is 16.2.